The first kappa shape index (κ1) is 20.9. The Hall–Kier alpha value is -1.86. The number of hydrogen-bond acceptors (Lipinski definition) is 4. The van der Waals surface area contributed by atoms with Gasteiger partial charge in [-0.15, -0.1) is 0 Å². The van der Waals surface area contributed by atoms with E-state index in [0.29, 0.717) is 18.5 Å². The molecule has 1 fully saturated rings. The second kappa shape index (κ2) is 10.1. The van der Waals surface area contributed by atoms with Crippen LogP contribution in [0.25, 0.3) is 0 Å². The summed E-state index contributed by atoms with van der Waals surface area (Å²) in [4.78, 5) is 11.6. The summed E-state index contributed by atoms with van der Waals surface area (Å²) in [5.41, 5.74) is 2.29. The number of aromatic nitrogens is 1. The highest BCUT2D eigenvalue weighted by molar-refractivity contribution is 9.10. The summed E-state index contributed by atoms with van der Waals surface area (Å²) in [7, 11) is 0. The van der Waals surface area contributed by atoms with Crippen molar-refractivity contribution in [3.8, 4) is 0 Å². The number of likely N-dealkylation sites (tertiary alicyclic amines) is 1. The van der Waals surface area contributed by atoms with Crippen molar-refractivity contribution >= 4 is 21.9 Å². The lowest BCUT2D eigenvalue weighted by Crippen LogP contribution is -2.48. The number of halogens is 1. The average Bonchev–Trinajstić information content (AvgIpc) is 3.01. The third kappa shape index (κ3) is 6.07. The van der Waals surface area contributed by atoms with E-state index < -0.39 is 0 Å². The number of guanidine groups is 1. The second-order valence-electron chi connectivity index (χ2n) is 7.27. The first-order valence-electron chi connectivity index (χ1n) is 9.98. The Kier molecular flexibility index (Phi) is 7.50. The van der Waals surface area contributed by atoms with E-state index in [-0.39, 0.29) is 0 Å². The number of piperidine rings is 1. The lowest BCUT2D eigenvalue weighted by atomic mass is 10.0. The molecular formula is C21H30BrN5O. The van der Waals surface area contributed by atoms with Gasteiger partial charge in [0.15, 0.2) is 5.96 Å². The molecule has 1 saturated heterocycles. The molecule has 1 aliphatic rings. The SMILES string of the molecule is CCNC(=NCc1nc(C)c(C)o1)NC1CCN(Cc2ccc(Br)cc2)CC1. The number of hydrogen-bond donors (Lipinski definition) is 2. The molecule has 0 spiro atoms. The minimum atomic E-state index is 0.437. The molecule has 7 heteroatoms. The van der Waals surface area contributed by atoms with E-state index in [0.717, 1.165) is 60.9 Å². The maximum Gasteiger partial charge on any atom is 0.216 e. The van der Waals surface area contributed by atoms with Crippen molar-refractivity contribution in [2.24, 2.45) is 4.99 Å². The fourth-order valence-corrected chi connectivity index (χ4v) is 3.61. The predicted molar refractivity (Wildman–Crippen MR) is 116 cm³/mol. The van der Waals surface area contributed by atoms with Crippen LogP contribution in [0.4, 0.5) is 0 Å². The van der Waals surface area contributed by atoms with E-state index in [1.54, 1.807) is 0 Å². The normalized spacial score (nSPS) is 16.4. The van der Waals surface area contributed by atoms with E-state index in [2.05, 4.69) is 72.6 Å². The number of benzene rings is 1. The van der Waals surface area contributed by atoms with Gasteiger partial charge in [0, 0.05) is 36.7 Å². The smallest absolute Gasteiger partial charge is 0.216 e. The molecule has 6 nitrogen and oxygen atoms in total. The molecular weight excluding hydrogens is 418 g/mol. The molecule has 0 amide bonds. The van der Waals surface area contributed by atoms with Crippen LogP contribution in [0.15, 0.2) is 38.1 Å². The van der Waals surface area contributed by atoms with Crippen molar-refractivity contribution < 1.29 is 4.42 Å². The highest BCUT2D eigenvalue weighted by Crippen LogP contribution is 2.16. The molecule has 152 valence electrons. The summed E-state index contributed by atoms with van der Waals surface area (Å²) < 4.78 is 6.76. The highest BCUT2D eigenvalue weighted by atomic mass is 79.9. The molecule has 0 atom stereocenters. The van der Waals surface area contributed by atoms with Crippen LogP contribution < -0.4 is 10.6 Å². The molecule has 2 aromatic rings. The maximum atomic E-state index is 5.63. The average molecular weight is 448 g/mol. The van der Waals surface area contributed by atoms with Crippen LogP contribution in [-0.4, -0.2) is 41.5 Å². The van der Waals surface area contributed by atoms with Crippen LogP contribution in [0.1, 0.15) is 42.7 Å². The number of oxazole rings is 1. The summed E-state index contributed by atoms with van der Waals surface area (Å²) in [6, 6.07) is 9.04. The minimum absolute atomic E-state index is 0.437. The van der Waals surface area contributed by atoms with Crippen LogP contribution in [-0.2, 0) is 13.1 Å². The molecule has 28 heavy (non-hydrogen) atoms. The van der Waals surface area contributed by atoms with Crippen molar-refractivity contribution in [2.75, 3.05) is 19.6 Å². The summed E-state index contributed by atoms with van der Waals surface area (Å²) >= 11 is 3.50. The first-order valence-corrected chi connectivity index (χ1v) is 10.8. The molecule has 1 aromatic carbocycles. The molecule has 1 aliphatic heterocycles. The fourth-order valence-electron chi connectivity index (χ4n) is 3.35. The van der Waals surface area contributed by atoms with Gasteiger partial charge in [-0.1, -0.05) is 28.1 Å². The summed E-state index contributed by atoms with van der Waals surface area (Å²) in [5, 5.41) is 6.91. The van der Waals surface area contributed by atoms with Crippen LogP contribution >= 0.6 is 15.9 Å². The molecule has 2 N–H and O–H groups in total. The van der Waals surface area contributed by atoms with E-state index >= 15 is 0 Å². The number of nitrogens with one attached hydrogen (secondary N) is 2. The molecule has 0 bridgehead atoms. The van der Waals surface area contributed by atoms with Gasteiger partial charge in [-0.3, -0.25) is 4.90 Å². The van der Waals surface area contributed by atoms with Crippen LogP contribution in [0.2, 0.25) is 0 Å². The Morgan fingerprint density at radius 2 is 1.96 bits per heavy atom. The number of rotatable bonds is 6. The van der Waals surface area contributed by atoms with Crippen molar-refractivity contribution in [1.29, 1.82) is 0 Å². The maximum absolute atomic E-state index is 5.63. The van der Waals surface area contributed by atoms with Gasteiger partial charge in [0.2, 0.25) is 5.89 Å². The van der Waals surface area contributed by atoms with Gasteiger partial charge in [-0.25, -0.2) is 9.98 Å². The Balaban J connectivity index is 1.49. The zero-order chi connectivity index (χ0) is 19.9. The van der Waals surface area contributed by atoms with Crippen LogP contribution in [0.3, 0.4) is 0 Å². The molecule has 3 rings (SSSR count). The zero-order valence-corrected chi connectivity index (χ0v) is 18.6. The van der Waals surface area contributed by atoms with Gasteiger partial charge in [0.05, 0.1) is 5.69 Å². The summed E-state index contributed by atoms with van der Waals surface area (Å²) in [5.74, 6) is 2.36. The topological polar surface area (TPSA) is 65.7 Å². The summed E-state index contributed by atoms with van der Waals surface area (Å²) in [6.07, 6.45) is 2.22. The third-order valence-electron chi connectivity index (χ3n) is 5.04. The number of aliphatic imine (C=N–C) groups is 1. The third-order valence-corrected chi connectivity index (χ3v) is 5.57. The largest absolute Gasteiger partial charge is 0.444 e. The lowest BCUT2D eigenvalue weighted by molar-refractivity contribution is 0.198. The molecule has 0 aliphatic carbocycles. The standard InChI is InChI=1S/C21H30BrN5O/c1-4-23-21(24-13-20-25-15(2)16(3)28-20)26-19-9-11-27(12-10-19)14-17-5-7-18(22)8-6-17/h5-8,19H,4,9-14H2,1-3H3,(H2,23,24,26). The quantitative estimate of drug-likeness (QED) is 0.520. The van der Waals surface area contributed by atoms with Gasteiger partial charge in [0.25, 0.3) is 0 Å². The Labute approximate surface area is 175 Å². The van der Waals surface area contributed by atoms with Crippen molar-refractivity contribution in [3.05, 3.63) is 51.6 Å². The van der Waals surface area contributed by atoms with E-state index in [9.17, 15) is 0 Å². The van der Waals surface area contributed by atoms with E-state index in [1.165, 1.54) is 5.56 Å². The fraction of sp³-hybridized carbons (Fsp3) is 0.524. The van der Waals surface area contributed by atoms with Gasteiger partial charge in [-0.05, 0) is 51.3 Å². The zero-order valence-electron chi connectivity index (χ0n) is 17.0. The van der Waals surface area contributed by atoms with Gasteiger partial charge < -0.3 is 15.1 Å². The highest BCUT2D eigenvalue weighted by Gasteiger charge is 2.20. The molecule has 0 radical (unpaired) electrons. The minimum Gasteiger partial charge on any atom is -0.444 e. The van der Waals surface area contributed by atoms with E-state index in [4.69, 9.17) is 4.42 Å². The molecule has 2 heterocycles. The van der Waals surface area contributed by atoms with Crippen LogP contribution in [0, 0.1) is 13.8 Å². The number of nitrogens with zero attached hydrogens (tertiary/aromatic N) is 3. The van der Waals surface area contributed by atoms with Crippen LogP contribution in [0.5, 0.6) is 0 Å². The van der Waals surface area contributed by atoms with Crippen molar-refractivity contribution in [3.63, 3.8) is 0 Å². The lowest BCUT2D eigenvalue weighted by Gasteiger charge is -2.33. The Morgan fingerprint density at radius 1 is 1.25 bits per heavy atom. The number of aryl methyl sites for hydroxylation is 2. The Bertz CT molecular complexity index is 759. The van der Waals surface area contributed by atoms with Gasteiger partial charge in [-0.2, -0.15) is 0 Å². The summed E-state index contributed by atoms with van der Waals surface area (Å²) in [6.45, 7) is 10.4. The predicted octanol–water partition coefficient (Wildman–Crippen LogP) is 3.77. The van der Waals surface area contributed by atoms with Crippen molar-refractivity contribution in [1.82, 2.24) is 20.5 Å². The van der Waals surface area contributed by atoms with Crippen molar-refractivity contribution in [2.45, 2.75) is 52.7 Å². The molecule has 0 saturated carbocycles. The molecule has 0 unspecified atom stereocenters. The first-order chi connectivity index (χ1) is 13.5. The van der Waals surface area contributed by atoms with Gasteiger partial charge in [0.1, 0.15) is 12.3 Å². The second-order valence-corrected chi connectivity index (χ2v) is 8.18. The van der Waals surface area contributed by atoms with E-state index in [1.807, 2.05) is 13.8 Å². The Morgan fingerprint density at radius 3 is 2.57 bits per heavy atom. The molecule has 1 aromatic heterocycles. The monoisotopic (exact) mass is 447 g/mol. The van der Waals surface area contributed by atoms with Gasteiger partial charge >= 0.3 is 0 Å².